The Morgan fingerprint density at radius 2 is 1.91 bits per heavy atom. The van der Waals surface area contributed by atoms with Gasteiger partial charge in [0.2, 0.25) is 5.75 Å². The van der Waals surface area contributed by atoms with Crippen LogP contribution in [0.3, 0.4) is 0 Å². The average Bonchev–Trinajstić information content (AvgIpc) is 2.54. The fourth-order valence-electron chi connectivity index (χ4n) is 2.97. The molecule has 1 saturated heterocycles. The van der Waals surface area contributed by atoms with Crippen LogP contribution in [-0.4, -0.2) is 49.9 Å². The largest absolute Gasteiger partial charge is 0.493 e. The fourth-order valence-corrected chi connectivity index (χ4v) is 2.97. The number of methoxy groups -OCH3 is 3. The van der Waals surface area contributed by atoms with Crippen LogP contribution in [0.4, 0.5) is 0 Å². The van der Waals surface area contributed by atoms with Gasteiger partial charge in [-0.3, -0.25) is 9.69 Å². The average molecular weight is 309 g/mol. The second kappa shape index (κ2) is 7.35. The molecule has 1 heterocycles. The molecular formula is C16H23NO5. The zero-order valence-electron chi connectivity index (χ0n) is 13.3. The third kappa shape index (κ3) is 3.27. The van der Waals surface area contributed by atoms with E-state index in [-0.39, 0.29) is 0 Å². The molecular weight excluding hydrogens is 286 g/mol. The first-order chi connectivity index (χ1) is 10.6. The van der Waals surface area contributed by atoms with Crippen LogP contribution >= 0.6 is 0 Å². The Balaban J connectivity index is 2.30. The number of benzene rings is 1. The Morgan fingerprint density at radius 3 is 2.50 bits per heavy atom. The van der Waals surface area contributed by atoms with Crippen LogP contribution in [0.15, 0.2) is 12.1 Å². The van der Waals surface area contributed by atoms with Crippen LogP contribution in [0.5, 0.6) is 17.2 Å². The fraction of sp³-hybridized carbons (Fsp3) is 0.562. The van der Waals surface area contributed by atoms with Crippen LogP contribution < -0.4 is 14.2 Å². The number of carboxylic acids is 1. The van der Waals surface area contributed by atoms with Gasteiger partial charge in [0.25, 0.3) is 0 Å². The summed E-state index contributed by atoms with van der Waals surface area (Å²) in [5.41, 5.74) is 0.897. The van der Waals surface area contributed by atoms with Gasteiger partial charge in [-0.25, -0.2) is 0 Å². The summed E-state index contributed by atoms with van der Waals surface area (Å²) in [5.74, 6) is 0.957. The minimum absolute atomic E-state index is 0.438. The van der Waals surface area contributed by atoms with Crippen molar-refractivity contribution in [3.63, 3.8) is 0 Å². The molecule has 1 aliphatic heterocycles. The van der Waals surface area contributed by atoms with Crippen molar-refractivity contribution in [1.82, 2.24) is 4.90 Å². The van der Waals surface area contributed by atoms with Crippen molar-refractivity contribution in [3.05, 3.63) is 17.7 Å². The molecule has 1 aliphatic rings. The minimum atomic E-state index is -0.765. The van der Waals surface area contributed by atoms with E-state index in [1.807, 2.05) is 17.0 Å². The molecule has 0 spiro atoms. The second-order valence-corrected chi connectivity index (χ2v) is 5.31. The van der Waals surface area contributed by atoms with E-state index in [9.17, 15) is 9.90 Å². The molecule has 1 unspecified atom stereocenters. The van der Waals surface area contributed by atoms with Crippen LogP contribution in [0, 0.1) is 0 Å². The van der Waals surface area contributed by atoms with Gasteiger partial charge in [0.1, 0.15) is 6.04 Å². The molecule has 122 valence electrons. The lowest BCUT2D eigenvalue weighted by atomic mass is 10.0. The third-order valence-electron chi connectivity index (χ3n) is 4.06. The maximum absolute atomic E-state index is 11.4. The summed E-state index contributed by atoms with van der Waals surface area (Å²) in [6.45, 7) is 1.29. The predicted octanol–water partition coefficient (Wildman–Crippen LogP) is 2.15. The SMILES string of the molecule is COc1ccc(CN2CCCCC2C(=O)O)c(OC)c1OC. The zero-order chi connectivity index (χ0) is 16.1. The van der Waals surface area contributed by atoms with Crippen molar-refractivity contribution in [3.8, 4) is 17.2 Å². The maximum atomic E-state index is 11.4. The number of ether oxygens (including phenoxy) is 3. The monoisotopic (exact) mass is 309 g/mol. The molecule has 6 heteroatoms. The highest BCUT2D eigenvalue weighted by Gasteiger charge is 2.29. The lowest BCUT2D eigenvalue weighted by Crippen LogP contribution is -2.44. The van der Waals surface area contributed by atoms with E-state index in [2.05, 4.69) is 0 Å². The van der Waals surface area contributed by atoms with E-state index in [1.54, 1.807) is 21.3 Å². The van der Waals surface area contributed by atoms with E-state index in [0.29, 0.717) is 30.2 Å². The van der Waals surface area contributed by atoms with Gasteiger partial charge in [0.15, 0.2) is 11.5 Å². The predicted molar refractivity (Wildman–Crippen MR) is 81.8 cm³/mol. The lowest BCUT2D eigenvalue weighted by molar-refractivity contribution is -0.144. The molecule has 0 saturated carbocycles. The van der Waals surface area contributed by atoms with Gasteiger partial charge in [-0.15, -0.1) is 0 Å². The Bertz CT molecular complexity index is 532. The van der Waals surface area contributed by atoms with Crippen molar-refractivity contribution in [2.75, 3.05) is 27.9 Å². The van der Waals surface area contributed by atoms with E-state index in [4.69, 9.17) is 14.2 Å². The summed E-state index contributed by atoms with van der Waals surface area (Å²) >= 11 is 0. The van der Waals surface area contributed by atoms with Gasteiger partial charge in [-0.05, 0) is 25.5 Å². The Labute approximate surface area is 130 Å². The minimum Gasteiger partial charge on any atom is -0.493 e. The topological polar surface area (TPSA) is 68.2 Å². The number of aliphatic carboxylic acids is 1. The number of nitrogens with zero attached hydrogens (tertiary/aromatic N) is 1. The molecule has 0 aliphatic carbocycles. The number of likely N-dealkylation sites (tertiary alicyclic amines) is 1. The van der Waals surface area contributed by atoms with E-state index in [1.165, 1.54) is 0 Å². The molecule has 0 radical (unpaired) electrons. The summed E-state index contributed by atoms with van der Waals surface area (Å²) in [6.07, 6.45) is 2.65. The Kier molecular flexibility index (Phi) is 5.49. The van der Waals surface area contributed by atoms with Crippen LogP contribution in [0.1, 0.15) is 24.8 Å². The van der Waals surface area contributed by atoms with E-state index < -0.39 is 12.0 Å². The first kappa shape index (κ1) is 16.4. The van der Waals surface area contributed by atoms with Crippen molar-refractivity contribution in [2.24, 2.45) is 0 Å². The van der Waals surface area contributed by atoms with Crippen molar-refractivity contribution in [2.45, 2.75) is 31.8 Å². The quantitative estimate of drug-likeness (QED) is 0.868. The molecule has 1 atom stereocenters. The van der Waals surface area contributed by atoms with Crippen LogP contribution in [0.2, 0.25) is 0 Å². The molecule has 22 heavy (non-hydrogen) atoms. The van der Waals surface area contributed by atoms with Gasteiger partial charge in [-0.1, -0.05) is 12.5 Å². The smallest absolute Gasteiger partial charge is 0.320 e. The highest BCUT2D eigenvalue weighted by molar-refractivity contribution is 5.73. The summed E-state index contributed by atoms with van der Waals surface area (Å²) in [6, 6.07) is 3.27. The number of carbonyl (C=O) groups is 1. The van der Waals surface area contributed by atoms with Crippen LogP contribution in [-0.2, 0) is 11.3 Å². The summed E-state index contributed by atoms with van der Waals surface area (Å²) < 4.78 is 16.1. The molecule has 1 aromatic carbocycles. The molecule has 0 amide bonds. The first-order valence-electron chi connectivity index (χ1n) is 7.37. The van der Waals surface area contributed by atoms with Gasteiger partial charge in [0.05, 0.1) is 21.3 Å². The van der Waals surface area contributed by atoms with Crippen LogP contribution in [0.25, 0.3) is 0 Å². The molecule has 2 rings (SSSR count). The number of carboxylic acid groups (broad SMARTS) is 1. The maximum Gasteiger partial charge on any atom is 0.320 e. The first-order valence-corrected chi connectivity index (χ1v) is 7.37. The standard InChI is InChI=1S/C16H23NO5/c1-20-13-8-7-11(14(21-2)15(13)22-3)10-17-9-5-4-6-12(17)16(18)19/h7-8,12H,4-6,9-10H2,1-3H3,(H,18,19). The lowest BCUT2D eigenvalue weighted by Gasteiger charge is -2.33. The van der Waals surface area contributed by atoms with Gasteiger partial charge in [0, 0.05) is 12.1 Å². The molecule has 1 N–H and O–H groups in total. The van der Waals surface area contributed by atoms with E-state index >= 15 is 0 Å². The summed E-state index contributed by atoms with van der Waals surface area (Å²) in [7, 11) is 4.71. The molecule has 1 aromatic rings. The summed E-state index contributed by atoms with van der Waals surface area (Å²) in [5, 5.41) is 9.38. The highest BCUT2D eigenvalue weighted by atomic mass is 16.5. The number of hydrogen-bond donors (Lipinski definition) is 1. The van der Waals surface area contributed by atoms with E-state index in [0.717, 1.165) is 24.9 Å². The molecule has 1 fully saturated rings. The van der Waals surface area contributed by atoms with Crippen molar-refractivity contribution >= 4 is 5.97 Å². The zero-order valence-corrected chi connectivity index (χ0v) is 13.3. The van der Waals surface area contributed by atoms with Gasteiger partial charge < -0.3 is 19.3 Å². The Hall–Kier alpha value is -1.95. The molecule has 0 bridgehead atoms. The van der Waals surface area contributed by atoms with Gasteiger partial charge >= 0.3 is 5.97 Å². The number of piperidine rings is 1. The number of rotatable bonds is 6. The molecule has 6 nitrogen and oxygen atoms in total. The van der Waals surface area contributed by atoms with Crippen molar-refractivity contribution in [1.29, 1.82) is 0 Å². The second-order valence-electron chi connectivity index (χ2n) is 5.31. The number of hydrogen-bond acceptors (Lipinski definition) is 5. The summed E-state index contributed by atoms with van der Waals surface area (Å²) in [4.78, 5) is 13.4. The highest BCUT2D eigenvalue weighted by Crippen LogP contribution is 2.40. The molecule has 0 aromatic heterocycles. The normalized spacial score (nSPS) is 18.8. The Morgan fingerprint density at radius 1 is 1.18 bits per heavy atom. The van der Waals surface area contributed by atoms with Gasteiger partial charge in [-0.2, -0.15) is 0 Å². The third-order valence-corrected chi connectivity index (χ3v) is 4.06. The van der Waals surface area contributed by atoms with Crippen molar-refractivity contribution < 1.29 is 24.1 Å².